The van der Waals surface area contributed by atoms with Gasteiger partial charge in [-0.15, -0.1) is 0 Å². The van der Waals surface area contributed by atoms with Crippen LogP contribution < -0.4 is 15.6 Å². The minimum atomic E-state index is -0.317. The van der Waals surface area contributed by atoms with Crippen LogP contribution >= 0.6 is 0 Å². The summed E-state index contributed by atoms with van der Waals surface area (Å²) in [4.78, 5) is 24.0. The molecular weight excluding hydrogens is 306 g/mol. The van der Waals surface area contributed by atoms with Crippen molar-refractivity contribution >= 4 is 16.7 Å². The number of rotatable bonds is 6. The smallest absolute Gasteiger partial charge is 0.272 e. The molecule has 3 rings (SSSR count). The molecule has 122 valence electrons. The Kier molecular flexibility index (Phi) is 4.86. The number of ether oxygens (including phenoxy) is 1. The summed E-state index contributed by atoms with van der Waals surface area (Å²) in [6.45, 7) is 0.963. The van der Waals surface area contributed by atoms with E-state index in [-0.39, 0.29) is 17.2 Å². The molecule has 2 aromatic carbocycles. The Bertz CT molecular complexity index is 891. The molecule has 24 heavy (non-hydrogen) atoms. The molecule has 0 spiro atoms. The molecule has 6 nitrogen and oxygen atoms in total. The Morgan fingerprint density at radius 1 is 1.04 bits per heavy atom. The lowest BCUT2D eigenvalue weighted by Crippen LogP contribution is -2.28. The van der Waals surface area contributed by atoms with Gasteiger partial charge in [0.15, 0.2) is 5.69 Å². The summed E-state index contributed by atoms with van der Waals surface area (Å²) >= 11 is 0. The number of nitrogens with zero attached hydrogens (tertiary/aromatic N) is 1. The molecular formula is C18H17N3O3. The van der Waals surface area contributed by atoms with Crippen LogP contribution in [0.4, 0.5) is 0 Å². The van der Waals surface area contributed by atoms with E-state index >= 15 is 0 Å². The summed E-state index contributed by atoms with van der Waals surface area (Å²) in [5.74, 6) is 0.485. The van der Waals surface area contributed by atoms with E-state index in [4.69, 9.17) is 4.74 Å². The molecule has 0 radical (unpaired) electrons. The number of H-pyrrole nitrogens is 1. The third-order valence-corrected chi connectivity index (χ3v) is 3.53. The molecule has 0 unspecified atom stereocenters. The van der Waals surface area contributed by atoms with Crippen molar-refractivity contribution < 1.29 is 9.53 Å². The van der Waals surface area contributed by atoms with Gasteiger partial charge in [0.2, 0.25) is 0 Å². The zero-order valence-electron chi connectivity index (χ0n) is 13.0. The topological polar surface area (TPSA) is 84.1 Å². The number of nitrogens with one attached hydrogen (secondary N) is 2. The summed E-state index contributed by atoms with van der Waals surface area (Å²) < 4.78 is 5.57. The number of amides is 1. The average Bonchev–Trinajstić information content (AvgIpc) is 2.63. The second kappa shape index (κ2) is 7.41. The Balaban J connectivity index is 1.56. The standard InChI is InChI=1S/C18H17N3O3/c22-17-15-10-5-4-9-14(15)16(20-21-17)18(23)19-11-6-12-24-13-7-2-1-3-8-13/h1-5,7-10H,6,11-12H2,(H,19,23)(H,21,22). The first-order valence-corrected chi connectivity index (χ1v) is 7.69. The van der Waals surface area contributed by atoms with Crippen LogP contribution in [0.25, 0.3) is 10.8 Å². The van der Waals surface area contributed by atoms with Crippen LogP contribution in [0.5, 0.6) is 5.75 Å². The quantitative estimate of drug-likeness (QED) is 0.681. The van der Waals surface area contributed by atoms with Crippen molar-refractivity contribution in [3.05, 3.63) is 70.6 Å². The lowest BCUT2D eigenvalue weighted by molar-refractivity contribution is 0.0947. The van der Waals surface area contributed by atoms with Crippen LogP contribution in [0.1, 0.15) is 16.9 Å². The lowest BCUT2D eigenvalue weighted by Gasteiger charge is -2.08. The highest BCUT2D eigenvalue weighted by Gasteiger charge is 2.13. The van der Waals surface area contributed by atoms with E-state index in [1.165, 1.54) is 0 Å². The van der Waals surface area contributed by atoms with Gasteiger partial charge in [-0.1, -0.05) is 36.4 Å². The van der Waals surface area contributed by atoms with Crippen molar-refractivity contribution in [2.75, 3.05) is 13.2 Å². The number of aromatic amines is 1. The van der Waals surface area contributed by atoms with Crippen LogP contribution in [-0.4, -0.2) is 29.3 Å². The van der Waals surface area contributed by atoms with Crippen LogP contribution in [0.3, 0.4) is 0 Å². The molecule has 1 heterocycles. The number of para-hydroxylation sites is 1. The van der Waals surface area contributed by atoms with Gasteiger partial charge in [-0.05, 0) is 24.6 Å². The van der Waals surface area contributed by atoms with Crippen LogP contribution in [0.15, 0.2) is 59.4 Å². The molecule has 2 N–H and O–H groups in total. The third kappa shape index (κ3) is 3.60. The zero-order chi connectivity index (χ0) is 16.8. The van der Waals surface area contributed by atoms with E-state index in [0.29, 0.717) is 30.3 Å². The molecule has 1 amide bonds. The predicted octanol–water partition coefficient (Wildman–Crippen LogP) is 2.12. The van der Waals surface area contributed by atoms with Gasteiger partial charge < -0.3 is 10.1 Å². The second-order valence-electron chi connectivity index (χ2n) is 5.22. The maximum atomic E-state index is 12.3. The van der Waals surface area contributed by atoms with E-state index in [9.17, 15) is 9.59 Å². The number of hydrogen-bond acceptors (Lipinski definition) is 4. The molecule has 0 aliphatic rings. The van der Waals surface area contributed by atoms with Crippen molar-refractivity contribution in [3.8, 4) is 5.75 Å². The molecule has 1 aromatic heterocycles. The summed E-state index contributed by atoms with van der Waals surface area (Å²) in [7, 11) is 0. The molecule has 6 heteroatoms. The molecule has 0 saturated heterocycles. The molecule has 0 aliphatic carbocycles. The minimum absolute atomic E-state index is 0.217. The van der Waals surface area contributed by atoms with Crippen molar-refractivity contribution in [2.24, 2.45) is 0 Å². The first-order valence-electron chi connectivity index (χ1n) is 7.69. The Morgan fingerprint density at radius 2 is 1.75 bits per heavy atom. The third-order valence-electron chi connectivity index (χ3n) is 3.53. The van der Waals surface area contributed by atoms with Crippen LogP contribution in [-0.2, 0) is 0 Å². The fraction of sp³-hybridized carbons (Fsp3) is 0.167. The van der Waals surface area contributed by atoms with Crippen molar-refractivity contribution in [1.82, 2.24) is 15.5 Å². The van der Waals surface area contributed by atoms with Gasteiger partial charge in [0.1, 0.15) is 5.75 Å². The molecule has 3 aromatic rings. The summed E-state index contributed by atoms with van der Waals surface area (Å²) in [6, 6.07) is 16.4. The monoisotopic (exact) mass is 323 g/mol. The highest BCUT2D eigenvalue weighted by Crippen LogP contribution is 2.12. The first kappa shape index (κ1) is 15.7. The normalized spacial score (nSPS) is 10.5. The minimum Gasteiger partial charge on any atom is -0.494 e. The molecule has 0 saturated carbocycles. The number of benzene rings is 2. The number of carbonyl (C=O) groups is 1. The number of hydrogen-bond donors (Lipinski definition) is 2. The maximum Gasteiger partial charge on any atom is 0.272 e. The van der Waals surface area contributed by atoms with E-state index in [2.05, 4.69) is 15.5 Å². The lowest BCUT2D eigenvalue weighted by atomic mass is 10.1. The Labute approximate surface area is 138 Å². The van der Waals surface area contributed by atoms with E-state index in [0.717, 1.165) is 5.75 Å². The highest BCUT2D eigenvalue weighted by molar-refractivity contribution is 6.04. The number of fused-ring (bicyclic) bond motifs is 1. The first-order chi connectivity index (χ1) is 11.8. The Morgan fingerprint density at radius 3 is 2.54 bits per heavy atom. The maximum absolute atomic E-state index is 12.3. The van der Waals surface area contributed by atoms with Crippen LogP contribution in [0.2, 0.25) is 0 Å². The summed E-state index contributed by atoms with van der Waals surface area (Å²) in [6.07, 6.45) is 0.669. The second-order valence-corrected chi connectivity index (χ2v) is 5.22. The highest BCUT2D eigenvalue weighted by atomic mass is 16.5. The van der Waals surface area contributed by atoms with Gasteiger partial charge in [0, 0.05) is 11.9 Å². The molecule has 0 atom stereocenters. The van der Waals surface area contributed by atoms with E-state index < -0.39 is 0 Å². The molecule has 0 fully saturated rings. The largest absolute Gasteiger partial charge is 0.494 e. The fourth-order valence-electron chi connectivity index (χ4n) is 2.35. The van der Waals surface area contributed by atoms with Gasteiger partial charge >= 0.3 is 0 Å². The summed E-state index contributed by atoms with van der Waals surface area (Å²) in [5.41, 5.74) is -0.0902. The van der Waals surface area contributed by atoms with Gasteiger partial charge in [0.25, 0.3) is 11.5 Å². The van der Waals surface area contributed by atoms with Crippen molar-refractivity contribution in [3.63, 3.8) is 0 Å². The van der Waals surface area contributed by atoms with Crippen molar-refractivity contribution in [1.29, 1.82) is 0 Å². The van der Waals surface area contributed by atoms with Crippen molar-refractivity contribution in [2.45, 2.75) is 6.42 Å². The summed E-state index contributed by atoms with van der Waals surface area (Å²) in [5, 5.41) is 10.0. The number of carbonyl (C=O) groups excluding carboxylic acids is 1. The van der Waals surface area contributed by atoms with Gasteiger partial charge in [-0.2, -0.15) is 5.10 Å². The SMILES string of the molecule is O=C(NCCCOc1ccccc1)c1n[nH]c(=O)c2ccccc12. The molecule has 0 bridgehead atoms. The predicted molar refractivity (Wildman–Crippen MR) is 91.3 cm³/mol. The molecule has 0 aliphatic heterocycles. The van der Waals surface area contributed by atoms with E-state index in [1.807, 2.05) is 30.3 Å². The van der Waals surface area contributed by atoms with Gasteiger partial charge in [0.05, 0.1) is 12.0 Å². The zero-order valence-corrected chi connectivity index (χ0v) is 13.0. The van der Waals surface area contributed by atoms with Gasteiger partial charge in [-0.3, -0.25) is 9.59 Å². The van der Waals surface area contributed by atoms with Crippen LogP contribution in [0, 0.1) is 0 Å². The van der Waals surface area contributed by atoms with E-state index in [1.54, 1.807) is 24.3 Å². The Hall–Kier alpha value is -3.15. The van der Waals surface area contributed by atoms with Gasteiger partial charge in [-0.25, -0.2) is 5.10 Å². The number of aromatic nitrogens is 2. The average molecular weight is 323 g/mol. The fourth-order valence-corrected chi connectivity index (χ4v) is 2.35.